The van der Waals surface area contributed by atoms with Crippen molar-refractivity contribution in [3.63, 3.8) is 0 Å². The van der Waals surface area contributed by atoms with Crippen molar-refractivity contribution in [2.75, 3.05) is 0 Å². The highest BCUT2D eigenvalue weighted by atomic mass is 16.4. The van der Waals surface area contributed by atoms with Crippen molar-refractivity contribution in [1.29, 1.82) is 0 Å². The maximum atomic E-state index is 12.4. The summed E-state index contributed by atoms with van der Waals surface area (Å²) in [7, 11) is 0. The second-order valence-electron chi connectivity index (χ2n) is 6.28. The Hall–Kier alpha value is -2.63. The number of hydrazine groups is 1. The number of nitrogens with one attached hydrogen (secondary N) is 2. The van der Waals surface area contributed by atoms with E-state index in [1.165, 1.54) is 0 Å². The first-order valence-electron chi connectivity index (χ1n) is 7.85. The molecule has 1 aromatic carbocycles. The Morgan fingerprint density at radius 2 is 1.54 bits per heavy atom. The van der Waals surface area contributed by atoms with Crippen molar-refractivity contribution in [3.8, 4) is 0 Å². The van der Waals surface area contributed by atoms with E-state index < -0.39 is 29.6 Å². The fourth-order valence-corrected chi connectivity index (χ4v) is 2.93. The van der Waals surface area contributed by atoms with Crippen LogP contribution in [0.2, 0.25) is 0 Å². The van der Waals surface area contributed by atoms with Crippen LogP contribution in [0.25, 0.3) is 0 Å². The van der Waals surface area contributed by atoms with Gasteiger partial charge in [-0.25, -0.2) is 0 Å². The molecule has 128 valence electrons. The molecule has 0 bridgehead atoms. The van der Waals surface area contributed by atoms with Crippen molar-refractivity contribution in [3.05, 3.63) is 46.5 Å². The molecule has 0 saturated heterocycles. The lowest BCUT2D eigenvalue weighted by Crippen LogP contribution is -2.48. The molecule has 0 unspecified atom stereocenters. The molecule has 0 saturated carbocycles. The van der Waals surface area contributed by atoms with Crippen LogP contribution >= 0.6 is 0 Å². The minimum Gasteiger partial charge on any atom is -0.481 e. The normalized spacial score (nSPS) is 20.5. The van der Waals surface area contributed by atoms with Gasteiger partial charge in [-0.15, -0.1) is 0 Å². The zero-order valence-electron chi connectivity index (χ0n) is 14.1. The number of allylic oxidation sites excluding steroid dienone is 2. The van der Waals surface area contributed by atoms with Gasteiger partial charge in [0.15, 0.2) is 0 Å². The van der Waals surface area contributed by atoms with E-state index in [9.17, 15) is 19.5 Å². The molecule has 2 rings (SSSR count). The summed E-state index contributed by atoms with van der Waals surface area (Å²) in [5.74, 6) is -3.36. The minimum atomic E-state index is -0.993. The van der Waals surface area contributed by atoms with E-state index in [0.29, 0.717) is 18.4 Å². The van der Waals surface area contributed by atoms with Crippen LogP contribution < -0.4 is 10.9 Å². The summed E-state index contributed by atoms with van der Waals surface area (Å²) in [5.41, 5.74) is 8.04. The highest BCUT2D eigenvalue weighted by Crippen LogP contribution is 2.34. The monoisotopic (exact) mass is 330 g/mol. The van der Waals surface area contributed by atoms with Gasteiger partial charge >= 0.3 is 5.97 Å². The maximum absolute atomic E-state index is 12.4. The summed E-state index contributed by atoms with van der Waals surface area (Å²) in [6.45, 7) is 5.59. The summed E-state index contributed by atoms with van der Waals surface area (Å²) < 4.78 is 0. The van der Waals surface area contributed by atoms with Crippen LogP contribution in [0, 0.1) is 18.8 Å². The molecule has 1 aliphatic rings. The first-order valence-corrected chi connectivity index (χ1v) is 7.85. The van der Waals surface area contributed by atoms with E-state index in [0.717, 1.165) is 16.7 Å². The van der Waals surface area contributed by atoms with Gasteiger partial charge in [0.05, 0.1) is 11.8 Å². The van der Waals surface area contributed by atoms with Gasteiger partial charge < -0.3 is 5.11 Å². The number of benzene rings is 1. The predicted molar refractivity (Wildman–Crippen MR) is 89.0 cm³/mol. The standard InChI is InChI=1S/C18H22N2O4/c1-10-6-4-5-7-13(10)16(21)19-20-17(22)14-8-11(2)12(3)9-15(14)18(23)24/h4-7,14-15H,8-9H2,1-3H3,(H,19,21)(H,20,22)(H,23,24)/t14-,15+/m0/s1. The Morgan fingerprint density at radius 1 is 0.958 bits per heavy atom. The molecular formula is C18H22N2O4. The molecule has 0 spiro atoms. The molecule has 24 heavy (non-hydrogen) atoms. The number of hydrogen-bond donors (Lipinski definition) is 3. The fourth-order valence-electron chi connectivity index (χ4n) is 2.93. The highest BCUT2D eigenvalue weighted by Gasteiger charge is 2.37. The lowest BCUT2D eigenvalue weighted by molar-refractivity contribution is -0.147. The number of carbonyl (C=O) groups is 3. The van der Waals surface area contributed by atoms with Gasteiger partial charge in [0.1, 0.15) is 0 Å². The third-order valence-electron chi connectivity index (χ3n) is 4.61. The number of carbonyl (C=O) groups excluding carboxylic acids is 2. The van der Waals surface area contributed by atoms with Crippen molar-refractivity contribution in [1.82, 2.24) is 10.9 Å². The summed E-state index contributed by atoms with van der Waals surface area (Å²) >= 11 is 0. The number of carboxylic acid groups (broad SMARTS) is 1. The maximum Gasteiger partial charge on any atom is 0.307 e. The van der Waals surface area contributed by atoms with E-state index in [1.54, 1.807) is 25.1 Å². The minimum absolute atomic E-state index is 0.352. The highest BCUT2D eigenvalue weighted by molar-refractivity contribution is 5.97. The molecule has 0 aliphatic heterocycles. The number of rotatable bonds is 3. The zero-order valence-corrected chi connectivity index (χ0v) is 14.1. The van der Waals surface area contributed by atoms with Crippen LogP contribution in [-0.2, 0) is 9.59 Å². The van der Waals surface area contributed by atoms with Crippen LogP contribution in [0.5, 0.6) is 0 Å². The van der Waals surface area contributed by atoms with Crippen LogP contribution in [0.1, 0.15) is 42.6 Å². The molecule has 0 radical (unpaired) electrons. The van der Waals surface area contributed by atoms with Crippen molar-refractivity contribution >= 4 is 17.8 Å². The number of hydrogen-bond acceptors (Lipinski definition) is 3. The van der Waals surface area contributed by atoms with Crippen LogP contribution in [0.15, 0.2) is 35.4 Å². The molecular weight excluding hydrogens is 308 g/mol. The Morgan fingerprint density at radius 3 is 2.12 bits per heavy atom. The van der Waals surface area contributed by atoms with Gasteiger partial charge in [0, 0.05) is 5.56 Å². The summed E-state index contributed by atoms with van der Waals surface area (Å²) in [6, 6.07) is 7.02. The Balaban J connectivity index is 2.05. The van der Waals surface area contributed by atoms with Gasteiger partial charge in [0.25, 0.3) is 5.91 Å². The van der Waals surface area contributed by atoms with Crippen LogP contribution in [0.4, 0.5) is 0 Å². The summed E-state index contributed by atoms with van der Waals surface area (Å²) in [4.78, 5) is 35.9. The molecule has 6 nitrogen and oxygen atoms in total. The SMILES string of the molecule is CC1=C(C)C[C@@H](C(=O)O)[C@@H](C(=O)NNC(=O)c2ccccc2C)C1. The van der Waals surface area contributed by atoms with E-state index in [2.05, 4.69) is 10.9 Å². The Kier molecular flexibility index (Phi) is 5.39. The van der Waals surface area contributed by atoms with Crippen LogP contribution in [-0.4, -0.2) is 22.9 Å². The van der Waals surface area contributed by atoms with Gasteiger partial charge in [-0.3, -0.25) is 25.2 Å². The van der Waals surface area contributed by atoms with Crippen molar-refractivity contribution < 1.29 is 19.5 Å². The molecule has 0 aromatic heterocycles. The van der Waals surface area contributed by atoms with Gasteiger partial charge in [-0.2, -0.15) is 0 Å². The second kappa shape index (κ2) is 7.29. The number of carboxylic acids is 1. The zero-order chi connectivity index (χ0) is 17.9. The first kappa shape index (κ1) is 17.7. The fraction of sp³-hybridized carbons (Fsp3) is 0.389. The summed E-state index contributed by atoms with van der Waals surface area (Å²) in [5, 5.41) is 9.36. The van der Waals surface area contributed by atoms with Crippen LogP contribution in [0.3, 0.4) is 0 Å². The van der Waals surface area contributed by atoms with E-state index in [1.807, 2.05) is 19.9 Å². The van der Waals surface area contributed by atoms with Gasteiger partial charge in [-0.05, 0) is 45.2 Å². The Labute approximate surface area is 140 Å². The van der Waals surface area contributed by atoms with Gasteiger partial charge in [-0.1, -0.05) is 29.3 Å². The van der Waals surface area contributed by atoms with E-state index in [-0.39, 0.29) is 0 Å². The predicted octanol–water partition coefficient (Wildman–Crippen LogP) is 2.20. The van der Waals surface area contributed by atoms with Gasteiger partial charge in [0.2, 0.25) is 5.91 Å². The molecule has 0 heterocycles. The molecule has 6 heteroatoms. The summed E-state index contributed by atoms with van der Waals surface area (Å²) in [6.07, 6.45) is 0.736. The molecule has 2 atom stereocenters. The second-order valence-corrected chi connectivity index (χ2v) is 6.28. The largest absolute Gasteiger partial charge is 0.481 e. The quantitative estimate of drug-likeness (QED) is 0.585. The lowest BCUT2D eigenvalue weighted by Gasteiger charge is -2.29. The Bertz CT molecular complexity index is 709. The topological polar surface area (TPSA) is 95.5 Å². The van der Waals surface area contributed by atoms with E-state index >= 15 is 0 Å². The molecule has 3 N–H and O–H groups in total. The third kappa shape index (κ3) is 3.82. The number of aliphatic carboxylic acids is 1. The number of amides is 2. The smallest absolute Gasteiger partial charge is 0.307 e. The average Bonchev–Trinajstić information content (AvgIpc) is 2.54. The third-order valence-corrected chi connectivity index (χ3v) is 4.61. The van der Waals surface area contributed by atoms with Crippen molar-refractivity contribution in [2.45, 2.75) is 33.6 Å². The molecule has 2 amide bonds. The van der Waals surface area contributed by atoms with E-state index in [4.69, 9.17) is 0 Å². The molecule has 1 aliphatic carbocycles. The van der Waals surface area contributed by atoms with Crippen molar-refractivity contribution in [2.24, 2.45) is 11.8 Å². The molecule has 0 fully saturated rings. The lowest BCUT2D eigenvalue weighted by atomic mass is 9.76. The number of aryl methyl sites for hydroxylation is 1. The average molecular weight is 330 g/mol. The molecule has 1 aromatic rings. The first-order chi connectivity index (χ1) is 11.3.